The van der Waals surface area contributed by atoms with Gasteiger partial charge in [-0.3, -0.25) is 0 Å². The maximum atomic E-state index is 3.61. The summed E-state index contributed by atoms with van der Waals surface area (Å²) in [6.07, 6.45) is 5.15. The zero-order valence-electron chi connectivity index (χ0n) is 12.9. The zero-order valence-corrected chi connectivity index (χ0v) is 12.9. The number of anilines is 2. The summed E-state index contributed by atoms with van der Waals surface area (Å²) in [6.45, 7) is 4.81. The Morgan fingerprint density at radius 3 is 2.90 bits per heavy atom. The smallest absolute Gasteiger partial charge is 0.0610 e. The fourth-order valence-corrected chi connectivity index (χ4v) is 3.54. The second-order valence-corrected chi connectivity index (χ2v) is 6.47. The number of nitrogens with zero attached hydrogens (tertiary/aromatic N) is 2. The van der Waals surface area contributed by atoms with Crippen LogP contribution in [0.25, 0.3) is 0 Å². The summed E-state index contributed by atoms with van der Waals surface area (Å²) >= 11 is 0. The van der Waals surface area contributed by atoms with Crippen LogP contribution < -0.4 is 10.2 Å². The van der Waals surface area contributed by atoms with Crippen LogP contribution in [0.5, 0.6) is 0 Å². The number of nitrogens with one attached hydrogen (secondary N) is 1. The second kappa shape index (κ2) is 6.04. The van der Waals surface area contributed by atoms with E-state index in [2.05, 4.69) is 47.4 Å². The average molecular weight is 273 g/mol. The monoisotopic (exact) mass is 273 g/mol. The molecular weight excluding hydrogens is 246 g/mol. The van der Waals surface area contributed by atoms with Crippen LogP contribution in [0, 0.1) is 5.92 Å². The van der Waals surface area contributed by atoms with Crippen molar-refractivity contribution in [1.29, 1.82) is 0 Å². The Bertz CT molecular complexity index is 450. The zero-order chi connectivity index (χ0) is 13.9. The second-order valence-electron chi connectivity index (χ2n) is 6.47. The molecule has 0 radical (unpaired) electrons. The number of aryl methyl sites for hydroxylation is 1. The first-order valence-corrected chi connectivity index (χ1v) is 7.99. The van der Waals surface area contributed by atoms with Crippen molar-refractivity contribution in [2.24, 2.45) is 5.92 Å². The van der Waals surface area contributed by atoms with E-state index in [9.17, 15) is 0 Å². The molecule has 1 aromatic rings. The molecule has 0 bridgehead atoms. The molecule has 3 nitrogen and oxygen atoms in total. The number of rotatable bonds is 3. The molecule has 1 N–H and O–H groups in total. The van der Waals surface area contributed by atoms with E-state index in [-0.39, 0.29) is 0 Å². The minimum absolute atomic E-state index is 0.843. The summed E-state index contributed by atoms with van der Waals surface area (Å²) in [7, 11) is 4.49. The summed E-state index contributed by atoms with van der Waals surface area (Å²) in [5.41, 5.74) is 4.26. The fourth-order valence-electron chi connectivity index (χ4n) is 3.54. The lowest BCUT2D eigenvalue weighted by Gasteiger charge is -2.34. The van der Waals surface area contributed by atoms with E-state index in [4.69, 9.17) is 0 Å². The Hall–Kier alpha value is -1.22. The molecule has 0 atom stereocenters. The molecule has 20 heavy (non-hydrogen) atoms. The summed E-state index contributed by atoms with van der Waals surface area (Å²) in [5, 5.41) is 3.61. The topological polar surface area (TPSA) is 18.5 Å². The van der Waals surface area contributed by atoms with Gasteiger partial charge < -0.3 is 15.1 Å². The van der Waals surface area contributed by atoms with Crippen LogP contribution in [-0.2, 0) is 6.42 Å². The Morgan fingerprint density at radius 1 is 1.30 bits per heavy atom. The molecule has 2 heterocycles. The first kappa shape index (κ1) is 13.7. The van der Waals surface area contributed by atoms with E-state index in [0.717, 1.165) is 12.5 Å². The first-order valence-electron chi connectivity index (χ1n) is 7.99. The van der Waals surface area contributed by atoms with Crippen molar-refractivity contribution in [3.8, 4) is 0 Å². The lowest BCUT2D eigenvalue weighted by atomic mass is 9.96. The Labute approximate surface area is 123 Å². The number of likely N-dealkylation sites (tertiary alicyclic amines) is 1. The summed E-state index contributed by atoms with van der Waals surface area (Å²) in [5.74, 6) is 0.843. The SMILES string of the molecule is CN1CCC(CN(C)c2cccc3c2NCCC3)CC1. The van der Waals surface area contributed by atoms with Gasteiger partial charge in [-0.25, -0.2) is 0 Å². The Balaban J connectivity index is 1.69. The van der Waals surface area contributed by atoms with Crippen LogP contribution >= 0.6 is 0 Å². The number of hydrogen-bond acceptors (Lipinski definition) is 3. The van der Waals surface area contributed by atoms with Crippen molar-refractivity contribution in [3.63, 3.8) is 0 Å². The molecule has 0 spiro atoms. The number of benzene rings is 1. The molecule has 0 amide bonds. The van der Waals surface area contributed by atoms with Gasteiger partial charge in [0.2, 0.25) is 0 Å². The van der Waals surface area contributed by atoms with E-state index in [1.807, 2.05) is 0 Å². The van der Waals surface area contributed by atoms with Crippen molar-refractivity contribution in [2.45, 2.75) is 25.7 Å². The quantitative estimate of drug-likeness (QED) is 0.913. The van der Waals surface area contributed by atoms with Gasteiger partial charge >= 0.3 is 0 Å². The third-order valence-electron chi connectivity index (χ3n) is 4.83. The lowest BCUT2D eigenvalue weighted by molar-refractivity contribution is 0.222. The summed E-state index contributed by atoms with van der Waals surface area (Å²) in [4.78, 5) is 4.91. The van der Waals surface area contributed by atoms with Crippen LogP contribution in [0.2, 0.25) is 0 Å². The summed E-state index contributed by atoms with van der Waals surface area (Å²) < 4.78 is 0. The normalized spacial score (nSPS) is 20.3. The predicted molar refractivity (Wildman–Crippen MR) is 86.7 cm³/mol. The average Bonchev–Trinajstić information content (AvgIpc) is 2.49. The molecule has 110 valence electrons. The number of hydrogen-bond donors (Lipinski definition) is 1. The molecule has 0 saturated carbocycles. The highest BCUT2D eigenvalue weighted by molar-refractivity contribution is 5.74. The Kier molecular flexibility index (Phi) is 4.16. The van der Waals surface area contributed by atoms with Gasteiger partial charge in [0, 0.05) is 20.1 Å². The van der Waals surface area contributed by atoms with Crippen LogP contribution in [-0.4, -0.2) is 45.2 Å². The molecule has 2 aliphatic heterocycles. The maximum Gasteiger partial charge on any atom is 0.0610 e. The van der Waals surface area contributed by atoms with Gasteiger partial charge in [0.15, 0.2) is 0 Å². The molecule has 0 aromatic heterocycles. The van der Waals surface area contributed by atoms with E-state index in [1.165, 1.54) is 62.3 Å². The third-order valence-corrected chi connectivity index (χ3v) is 4.83. The van der Waals surface area contributed by atoms with Crippen molar-refractivity contribution in [2.75, 3.05) is 50.5 Å². The van der Waals surface area contributed by atoms with Gasteiger partial charge in [-0.15, -0.1) is 0 Å². The van der Waals surface area contributed by atoms with Crippen molar-refractivity contribution < 1.29 is 0 Å². The molecule has 1 saturated heterocycles. The maximum absolute atomic E-state index is 3.61. The minimum Gasteiger partial charge on any atom is -0.383 e. The molecule has 0 aliphatic carbocycles. The van der Waals surface area contributed by atoms with Gasteiger partial charge in [0.1, 0.15) is 0 Å². The van der Waals surface area contributed by atoms with Crippen molar-refractivity contribution in [3.05, 3.63) is 23.8 Å². The highest BCUT2D eigenvalue weighted by Gasteiger charge is 2.20. The van der Waals surface area contributed by atoms with Crippen LogP contribution in [0.4, 0.5) is 11.4 Å². The van der Waals surface area contributed by atoms with Gasteiger partial charge in [0.05, 0.1) is 11.4 Å². The Morgan fingerprint density at radius 2 is 2.10 bits per heavy atom. The molecule has 1 fully saturated rings. The standard InChI is InChI=1S/C17H27N3/c1-19-11-8-14(9-12-19)13-20(2)16-7-3-5-15-6-4-10-18-17(15)16/h3,5,7,14,18H,4,6,8-13H2,1-2H3. The fraction of sp³-hybridized carbons (Fsp3) is 0.647. The lowest BCUT2D eigenvalue weighted by Crippen LogP contribution is -2.36. The van der Waals surface area contributed by atoms with Gasteiger partial charge in [-0.05, 0) is 63.4 Å². The van der Waals surface area contributed by atoms with Gasteiger partial charge in [0.25, 0.3) is 0 Å². The number of piperidine rings is 1. The van der Waals surface area contributed by atoms with E-state index in [0.29, 0.717) is 0 Å². The highest BCUT2D eigenvalue weighted by atomic mass is 15.1. The number of para-hydroxylation sites is 1. The molecule has 0 unspecified atom stereocenters. The van der Waals surface area contributed by atoms with Crippen molar-refractivity contribution >= 4 is 11.4 Å². The van der Waals surface area contributed by atoms with E-state index < -0.39 is 0 Å². The molecule has 3 heteroatoms. The predicted octanol–water partition coefficient (Wildman–Crippen LogP) is 2.82. The van der Waals surface area contributed by atoms with Gasteiger partial charge in [-0.1, -0.05) is 12.1 Å². The van der Waals surface area contributed by atoms with E-state index in [1.54, 1.807) is 0 Å². The number of fused-ring (bicyclic) bond motifs is 1. The van der Waals surface area contributed by atoms with Gasteiger partial charge in [-0.2, -0.15) is 0 Å². The van der Waals surface area contributed by atoms with Crippen LogP contribution in [0.1, 0.15) is 24.8 Å². The minimum atomic E-state index is 0.843. The first-order chi connectivity index (χ1) is 9.74. The molecule has 1 aromatic carbocycles. The molecular formula is C17H27N3. The van der Waals surface area contributed by atoms with Crippen LogP contribution in [0.3, 0.4) is 0 Å². The third kappa shape index (κ3) is 2.93. The summed E-state index contributed by atoms with van der Waals surface area (Å²) in [6, 6.07) is 6.76. The largest absolute Gasteiger partial charge is 0.383 e. The molecule has 3 rings (SSSR count). The van der Waals surface area contributed by atoms with Crippen LogP contribution in [0.15, 0.2) is 18.2 Å². The molecule has 2 aliphatic rings. The van der Waals surface area contributed by atoms with E-state index >= 15 is 0 Å². The highest BCUT2D eigenvalue weighted by Crippen LogP contribution is 2.33. The van der Waals surface area contributed by atoms with Crippen molar-refractivity contribution in [1.82, 2.24) is 4.90 Å².